The summed E-state index contributed by atoms with van der Waals surface area (Å²) >= 11 is 1.65. The van der Waals surface area contributed by atoms with Crippen LogP contribution in [-0.4, -0.2) is 16.8 Å². The molecule has 0 unspecified atom stereocenters. The van der Waals surface area contributed by atoms with Gasteiger partial charge in [0.1, 0.15) is 0 Å². The molecule has 3 heteroatoms. The first kappa shape index (κ1) is 6.68. The lowest BCUT2D eigenvalue weighted by Gasteiger charge is -1.92. The fraction of sp³-hybridized carbons (Fsp3) is 0.500. The Kier molecular flexibility index (Phi) is 2.16. The van der Waals surface area contributed by atoms with Crippen molar-refractivity contribution < 1.29 is 9.90 Å². The minimum atomic E-state index is -0.726. The minimum absolute atomic E-state index is 0.213. The van der Waals surface area contributed by atoms with E-state index in [0.717, 1.165) is 17.1 Å². The van der Waals surface area contributed by atoms with E-state index in [1.54, 1.807) is 11.8 Å². The molecule has 0 bridgehead atoms. The van der Waals surface area contributed by atoms with Gasteiger partial charge in [-0.1, -0.05) is 6.08 Å². The highest BCUT2D eigenvalue weighted by Gasteiger charge is 2.07. The van der Waals surface area contributed by atoms with Gasteiger partial charge >= 0.3 is 5.97 Å². The Morgan fingerprint density at radius 2 is 2.67 bits per heavy atom. The number of rotatable bonds is 2. The molecule has 0 radical (unpaired) electrons. The van der Waals surface area contributed by atoms with Gasteiger partial charge in [-0.05, 0) is 11.3 Å². The Bertz CT molecular complexity index is 151. The molecule has 0 aliphatic carbocycles. The molecule has 50 valence electrons. The molecule has 0 spiro atoms. The molecular weight excluding hydrogens is 136 g/mol. The van der Waals surface area contributed by atoms with Crippen LogP contribution >= 0.6 is 11.8 Å². The van der Waals surface area contributed by atoms with Gasteiger partial charge in [-0.15, -0.1) is 11.8 Å². The van der Waals surface area contributed by atoms with Gasteiger partial charge < -0.3 is 5.11 Å². The summed E-state index contributed by atoms with van der Waals surface area (Å²) in [6.07, 6.45) is 3.25. The quantitative estimate of drug-likeness (QED) is 0.637. The molecule has 0 amide bonds. The van der Waals surface area contributed by atoms with E-state index in [9.17, 15) is 4.79 Å². The Labute approximate surface area is 57.9 Å². The van der Waals surface area contributed by atoms with Crippen LogP contribution in [0.3, 0.4) is 0 Å². The second kappa shape index (κ2) is 2.92. The molecule has 1 N–H and O–H groups in total. The smallest absolute Gasteiger partial charge is 0.308 e. The van der Waals surface area contributed by atoms with Gasteiger partial charge in [0.15, 0.2) is 0 Å². The van der Waals surface area contributed by atoms with Crippen LogP contribution in [0, 0.1) is 0 Å². The molecule has 0 fully saturated rings. The summed E-state index contributed by atoms with van der Waals surface area (Å²) in [5, 5.41) is 8.32. The molecule has 1 rings (SSSR count). The first-order chi connectivity index (χ1) is 4.29. The standard InChI is InChI=1S/C6H8O2S/c7-6(8)4-5-2-1-3-9-5/h2H,1,3-4H2,(H,7,8). The first-order valence-corrected chi connectivity index (χ1v) is 3.81. The molecule has 0 saturated carbocycles. The van der Waals surface area contributed by atoms with E-state index in [-0.39, 0.29) is 6.42 Å². The third kappa shape index (κ3) is 2.10. The third-order valence-electron chi connectivity index (χ3n) is 1.10. The summed E-state index contributed by atoms with van der Waals surface area (Å²) in [5.74, 6) is 0.332. The van der Waals surface area contributed by atoms with Crippen molar-refractivity contribution in [2.45, 2.75) is 12.8 Å². The van der Waals surface area contributed by atoms with Crippen LogP contribution in [0.5, 0.6) is 0 Å². The summed E-state index contributed by atoms with van der Waals surface area (Å²) in [6.45, 7) is 0. The number of allylic oxidation sites excluding steroid dienone is 1. The van der Waals surface area contributed by atoms with Crippen LogP contribution in [0.4, 0.5) is 0 Å². The Morgan fingerprint density at radius 1 is 1.89 bits per heavy atom. The van der Waals surface area contributed by atoms with E-state index in [2.05, 4.69) is 0 Å². The molecule has 1 heterocycles. The fourth-order valence-corrected chi connectivity index (χ4v) is 1.70. The average Bonchev–Trinajstić information content (AvgIpc) is 2.15. The maximum absolute atomic E-state index is 10.1. The molecule has 0 atom stereocenters. The zero-order valence-corrected chi connectivity index (χ0v) is 5.78. The van der Waals surface area contributed by atoms with Crippen molar-refractivity contribution in [2.24, 2.45) is 0 Å². The lowest BCUT2D eigenvalue weighted by Crippen LogP contribution is -1.93. The van der Waals surface area contributed by atoms with Gasteiger partial charge in [-0.2, -0.15) is 0 Å². The zero-order chi connectivity index (χ0) is 6.69. The van der Waals surface area contributed by atoms with Gasteiger partial charge in [0, 0.05) is 5.75 Å². The number of hydrogen-bond acceptors (Lipinski definition) is 2. The molecule has 0 saturated heterocycles. The van der Waals surface area contributed by atoms with E-state index in [4.69, 9.17) is 5.11 Å². The summed E-state index contributed by atoms with van der Waals surface area (Å²) in [5.41, 5.74) is 0. The van der Waals surface area contributed by atoms with Crippen molar-refractivity contribution in [3.63, 3.8) is 0 Å². The van der Waals surface area contributed by atoms with Crippen LogP contribution in [0.1, 0.15) is 12.8 Å². The number of aliphatic carboxylic acids is 1. The summed E-state index contributed by atoms with van der Waals surface area (Å²) in [6, 6.07) is 0. The van der Waals surface area contributed by atoms with Crippen molar-refractivity contribution in [1.29, 1.82) is 0 Å². The number of thioether (sulfide) groups is 1. The normalized spacial score (nSPS) is 17.6. The van der Waals surface area contributed by atoms with Gasteiger partial charge in [0.05, 0.1) is 6.42 Å². The molecular formula is C6H8O2S. The average molecular weight is 144 g/mol. The van der Waals surface area contributed by atoms with E-state index >= 15 is 0 Å². The van der Waals surface area contributed by atoms with Crippen molar-refractivity contribution in [1.82, 2.24) is 0 Å². The van der Waals surface area contributed by atoms with Gasteiger partial charge in [0.25, 0.3) is 0 Å². The highest BCUT2D eigenvalue weighted by atomic mass is 32.2. The third-order valence-corrected chi connectivity index (χ3v) is 2.22. The fourth-order valence-electron chi connectivity index (χ4n) is 0.741. The largest absolute Gasteiger partial charge is 0.481 e. The van der Waals surface area contributed by atoms with Crippen LogP contribution in [0.2, 0.25) is 0 Å². The molecule has 2 nitrogen and oxygen atoms in total. The highest BCUT2D eigenvalue weighted by molar-refractivity contribution is 8.03. The van der Waals surface area contributed by atoms with Gasteiger partial charge in [-0.25, -0.2) is 0 Å². The Morgan fingerprint density at radius 3 is 3.11 bits per heavy atom. The van der Waals surface area contributed by atoms with Crippen molar-refractivity contribution in [3.8, 4) is 0 Å². The molecule has 0 aromatic carbocycles. The predicted octanol–water partition coefficient (Wildman–Crippen LogP) is 1.48. The lowest BCUT2D eigenvalue weighted by molar-refractivity contribution is -0.136. The van der Waals surface area contributed by atoms with Crippen LogP contribution < -0.4 is 0 Å². The van der Waals surface area contributed by atoms with E-state index in [1.807, 2.05) is 6.08 Å². The second-order valence-corrected chi connectivity index (χ2v) is 3.10. The molecule has 1 aliphatic heterocycles. The number of carboxylic acid groups (broad SMARTS) is 1. The molecule has 0 aromatic rings. The summed E-state index contributed by atoms with van der Waals surface area (Å²) in [7, 11) is 0. The SMILES string of the molecule is O=C(O)CC1=CCCS1. The lowest BCUT2D eigenvalue weighted by atomic mass is 10.3. The maximum Gasteiger partial charge on any atom is 0.308 e. The van der Waals surface area contributed by atoms with E-state index < -0.39 is 5.97 Å². The van der Waals surface area contributed by atoms with Crippen LogP contribution in [0.15, 0.2) is 11.0 Å². The summed E-state index contributed by atoms with van der Waals surface area (Å²) < 4.78 is 0. The van der Waals surface area contributed by atoms with Gasteiger partial charge in [-0.3, -0.25) is 4.79 Å². The molecule has 1 aliphatic rings. The van der Waals surface area contributed by atoms with Crippen molar-refractivity contribution in [3.05, 3.63) is 11.0 Å². The monoisotopic (exact) mass is 144 g/mol. The van der Waals surface area contributed by atoms with E-state index in [0.29, 0.717) is 0 Å². The number of carboxylic acids is 1. The Hall–Kier alpha value is -0.440. The van der Waals surface area contributed by atoms with Crippen LogP contribution in [0.25, 0.3) is 0 Å². The number of hydrogen-bond donors (Lipinski definition) is 1. The maximum atomic E-state index is 10.1. The Balaban J connectivity index is 2.35. The van der Waals surface area contributed by atoms with Crippen molar-refractivity contribution in [2.75, 3.05) is 5.75 Å². The topological polar surface area (TPSA) is 37.3 Å². The number of carbonyl (C=O) groups is 1. The second-order valence-electron chi connectivity index (χ2n) is 1.88. The first-order valence-electron chi connectivity index (χ1n) is 2.82. The zero-order valence-electron chi connectivity index (χ0n) is 4.96. The minimum Gasteiger partial charge on any atom is -0.481 e. The van der Waals surface area contributed by atoms with Crippen molar-refractivity contribution >= 4 is 17.7 Å². The van der Waals surface area contributed by atoms with E-state index in [1.165, 1.54) is 0 Å². The highest BCUT2D eigenvalue weighted by Crippen LogP contribution is 2.26. The molecule has 9 heavy (non-hydrogen) atoms. The predicted molar refractivity (Wildman–Crippen MR) is 37.4 cm³/mol. The van der Waals surface area contributed by atoms with Gasteiger partial charge in [0.2, 0.25) is 0 Å². The summed E-state index contributed by atoms with van der Waals surface area (Å²) in [4.78, 5) is 11.1. The van der Waals surface area contributed by atoms with Crippen LogP contribution in [-0.2, 0) is 4.79 Å². The molecule has 0 aromatic heterocycles.